The highest BCUT2D eigenvalue weighted by molar-refractivity contribution is 7.89. The van der Waals surface area contributed by atoms with Crippen molar-refractivity contribution in [3.8, 4) is 33.9 Å². The third-order valence-electron chi connectivity index (χ3n) is 5.23. The Kier molecular flexibility index (Phi) is 5.75. The van der Waals surface area contributed by atoms with Crippen molar-refractivity contribution in [1.82, 2.24) is 19.6 Å². The fourth-order valence-corrected chi connectivity index (χ4v) is 4.31. The van der Waals surface area contributed by atoms with Gasteiger partial charge in [-0.3, -0.25) is 0 Å². The monoisotopic (exact) mass is 509 g/mol. The van der Waals surface area contributed by atoms with Gasteiger partial charge in [0.1, 0.15) is 0 Å². The zero-order valence-electron chi connectivity index (χ0n) is 17.5. The van der Waals surface area contributed by atoms with Crippen LogP contribution in [0.3, 0.4) is 0 Å². The Morgan fingerprint density at radius 1 is 0.647 bits per heavy atom. The molecule has 5 aromatic rings. The number of hydrogen-bond acceptors (Lipinski definition) is 4. The number of primary sulfonamides is 1. The van der Waals surface area contributed by atoms with Crippen molar-refractivity contribution in [3.63, 3.8) is 0 Å². The van der Waals surface area contributed by atoms with Gasteiger partial charge in [-0.05, 0) is 54.6 Å². The topological polar surface area (TPSA) is 95.8 Å². The summed E-state index contributed by atoms with van der Waals surface area (Å²) < 4.78 is 27.3. The highest BCUT2D eigenvalue weighted by atomic mass is 35.5. The molecule has 0 aliphatic heterocycles. The molecular weight excluding hydrogens is 493 g/mol. The van der Waals surface area contributed by atoms with Crippen LogP contribution >= 0.6 is 23.2 Å². The van der Waals surface area contributed by atoms with E-state index < -0.39 is 10.0 Å². The van der Waals surface area contributed by atoms with Gasteiger partial charge in [-0.1, -0.05) is 47.5 Å². The first kappa shape index (κ1) is 22.4. The molecule has 0 saturated carbocycles. The summed E-state index contributed by atoms with van der Waals surface area (Å²) in [6.07, 6.45) is 3.54. The summed E-state index contributed by atoms with van der Waals surface area (Å²) >= 11 is 12.0. The van der Waals surface area contributed by atoms with Crippen molar-refractivity contribution >= 4 is 33.2 Å². The Labute approximate surface area is 206 Å². The molecule has 2 heterocycles. The molecule has 0 radical (unpaired) electrons. The molecule has 2 aromatic heterocycles. The molecule has 5 rings (SSSR count). The van der Waals surface area contributed by atoms with Gasteiger partial charge in [-0.25, -0.2) is 22.9 Å². The number of aromatic nitrogens is 4. The normalized spacial score (nSPS) is 11.6. The van der Waals surface area contributed by atoms with Gasteiger partial charge in [0.15, 0.2) is 0 Å². The van der Waals surface area contributed by atoms with Crippen molar-refractivity contribution in [2.75, 3.05) is 0 Å². The minimum absolute atomic E-state index is 0.0279. The molecule has 0 fully saturated rings. The van der Waals surface area contributed by atoms with Gasteiger partial charge in [-0.15, -0.1) is 0 Å². The Hall–Kier alpha value is -3.43. The van der Waals surface area contributed by atoms with Gasteiger partial charge >= 0.3 is 0 Å². The van der Waals surface area contributed by atoms with Crippen LogP contribution in [0.15, 0.2) is 96.2 Å². The van der Waals surface area contributed by atoms with Crippen LogP contribution in [0.5, 0.6) is 0 Å². The highest BCUT2D eigenvalue weighted by Crippen LogP contribution is 2.27. The smallest absolute Gasteiger partial charge is 0.238 e. The van der Waals surface area contributed by atoms with Crippen LogP contribution in [0.1, 0.15) is 0 Å². The van der Waals surface area contributed by atoms with E-state index in [4.69, 9.17) is 28.3 Å². The standard InChI is InChI=1S/C24H17Cl2N5O2S/c25-18-5-1-16(2-6-18)21-11-13-30(28-21)23-10-9-20(34(27,32)33)15-24(23)31-14-12-22(29-31)17-3-7-19(26)8-4-17/h1-15H,(H2,27,32,33). The first-order chi connectivity index (χ1) is 16.3. The number of hydrogen-bond donors (Lipinski definition) is 1. The molecule has 0 unspecified atom stereocenters. The molecule has 2 N–H and O–H groups in total. The summed E-state index contributed by atoms with van der Waals surface area (Å²) in [6, 6.07) is 22.9. The Balaban J connectivity index is 1.61. The second kappa shape index (κ2) is 8.73. The van der Waals surface area contributed by atoms with Gasteiger partial charge in [0.2, 0.25) is 10.0 Å². The fraction of sp³-hybridized carbons (Fsp3) is 0. The average Bonchev–Trinajstić information content (AvgIpc) is 3.50. The minimum atomic E-state index is -3.92. The number of halogens is 2. The second-order valence-corrected chi connectivity index (χ2v) is 9.93. The SMILES string of the molecule is NS(=O)(=O)c1ccc(-n2ccc(-c3ccc(Cl)cc3)n2)c(-n2ccc(-c3ccc(Cl)cc3)n2)c1. The summed E-state index contributed by atoms with van der Waals surface area (Å²) in [7, 11) is -3.92. The van der Waals surface area contributed by atoms with Crippen molar-refractivity contribution in [3.05, 3.63) is 101 Å². The van der Waals surface area contributed by atoms with E-state index in [2.05, 4.69) is 10.2 Å². The van der Waals surface area contributed by atoms with E-state index in [1.165, 1.54) is 12.1 Å². The lowest BCUT2D eigenvalue weighted by Crippen LogP contribution is -2.14. The molecule has 0 saturated heterocycles. The van der Waals surface area contributed by atoms with Crippen LogP contribution in [0.25, 0.3) is 33.9 Å². The van der Waals surface area contributed by atoms with E-state index in [1.807, 2.05) is 36.4 Å². The largest absolute Gasteiger partial charge is 0.238 e. The predicted octanol–water partition coefficient (Wildman–Crippen LogP) is 5.35. The highest BCUT2D eigenvalue weighted by Gasteiger charge is 2.16. The molecule has 0 atom stereocenters. The maximum absolute atomic E-state index is 12.0. The van der Waals surface area contributed by atoms with Crippen LogP contribution in [-0.4, -0.2) is 28.0 Å². The molecule has 34 heavy (non-hydrogen) atoms. The molecule has 10 heteroatoms. The molecule has 7 nitrogen and oxygen atoms in total. The zero-order chi connectivity index (χ0) is 23.9. The maximum atomic E-state index is 12.0. The van der Waals surface area contributed by atoms with Crippen LogP contribution in [0, 0.1) is 0 Å². The van der Waals surface area contributed by atoms with Gasteiger partial charge in [0.05, 0.1) is 27.7 Å². The summed E-state index contributed by atoms with van der Waals surface area (Å²) in [6.45, 7) is 0. The zero-order valence-corrected chi connectivity index (χ0v) is 19.8. The first-order valence-corrected chi connectivity index (χ1v) is 12.4. The average molecular weight is 510 g/mol. The second-order valence-electron chi connectivity index (χ2n) is 7.50. The lowest BCUT2D eigenvalue weighted by Gasteiger charge is -2.12. The van der Waals surface area contributed by atoms with E-state index in [0.717, 1.165) is 16.8 Å². The van der Waals surface area contributed by atoms with Gasteiger partial charge in [0.25, 0.3) is 0 Å². The van der Waals surface area contributed by atoms with Crippen LogP contribution in [0.4, 0.5) is 0 Å². The molecule has 0 amide bonds. The van der Waals surface area contributed by atoms with Gasteiger partial charge in [0, 0.05) is 33.6 Å². The molecule has 0 aliphatic carbocycles. The third kappa shape index (κ3) is 4.49. The first-order valence-electron chi connectivity index (χ1n) is 10.1. The van der Waals surface area contributed by atoms with Crippen LogP contribution in [0.2, 0.25) is 10.0 Å². The van der Waals surface area contributed by atoms with E-state index >= 15 is 0 Å². The molecule has 0 spiro atoms. The molecule has 170 valence electrons. The Bertz CT molecular complexity index is 1590. The summed E-state index contributed by atoms with van der Waals surface area (Å²) in [5, 5.41) is 16.0. The number of rotatable bonds is 5. The quantitative estimate of drug-likeness (QED) is 0.345. The fourth-order valence-electron chi connectivity index (χ4n) is 3.52. The van der Waals surface area contributed by atoms with E-state index in [0.29, 0.717) is 27.1 Å². The van der Waals surface area contributed by atoms with Gasteiger partial charge < -0.3 is 0 Å². The van der Waals surface area contributed by atoms with E-state index in [1.54, 1.807) is 52.1 Å². The minimum Gasteiger partial charge on any atom is -0.238 e. The summed E-state index contributed by atoms with van der Waals surface area (Å²) in [5.74, 6) is 0. The van der Waals surface area contributed by atoms with Crippen LogP contribution < -0.4 is 5.14 Å². The molecular formula is C24H17Cl2N5O2S. The third-order valence-corrected chi connectivity index (χ3v) is 6.64. The summed E-state index contributed by atoms with van der Waals surface area (Å²) in [4.78, 5) is -0.0279. The van der Waals surface area contributed by atoms with E-state index in [9.17, 15) is 8.42 Å². The maximum Gasteiger partial charge on any atom is 0.238 e. The predicted molar refractivity (Wildman–Crippen MR) is 133 cm³/mol. The summed E-state index contributed by atoms with van der Waals surface area (Å²) in [5.41, 5.74) is 4.33. The number of sulfonamides is 1. The Morgan fingerprint density at radius 2 is 1.12 bits per heavy atom. The lowest BCUT2D eigenvalue weighted by atomic mass is 10.2. The lowest BCUT2D eigenvalue weighted by molar-refractivity contribution is 0.597. The van der Waals surface area contributed by atoms with Crippen molar-refractivity contribution in [2.24, 2.45) is 5.14 Å². The van der Waals surface area contributed by atoms with Crippen molar-refractivity contribution < 1.29 is 8.42 Å². The van der Waals surface area contributed by atoms with Crippen LogP contribution in [-0.2, 0) is 10.0 Å². The van der Waals surface area contributed by atoms with E-state index in [-0.39, 0.29) is 4.90 Å². The number of nitrogens with two attached hydrogens (primary N) is 1. The Morgan fingerprint density at radius 3 is 1.59 bits per heavy atom. The van der Waals surface area contributed by atoms with Crippen molar-refractivity contribution in [2.45, 2.75) is 4.90 Å². The number of benzene rings is 3. The van der Waals surface area contributed by atoms with Gasteiger partial charge in [-0.2, -0.15) is 10.2 Å². The molecule has 0 aliphatic rings. The molecule has 0 bridgehead atoms. The number of nitrogens with zero attached hydrogens (tertiary/aromatic N) is 4. The van der Waals surface area contributed by atoms with Crippen molar-refractivity contribution in [1.29, 1.82) is 0 Å². The molecule has 3 aromatic carbocycles.